The molecule has 7 nitrogen and oxygen atoms in total. The fourth-order valence-electron chi connectivity index (χ4n) is 4.65. The van der Waals surface area contributed by atoms with Gasteiger partial charge in [0.15, 0.2) is 11.5 Å². The summed E-state index contributed by atoms with van der Waals surface area (Å²) in [4.78, 5) is 30.4. The summed E-state index contributed by atoms with van der Waals surface area (Å²) in [5.74, 6) is -0.00545. The zero-order valence-electron chi connectivity index (χ0n) is 19.2. The Kier molecular flexibility index (Phi) is 4.58. The van der Waals surface area contributed by atoms with Crippen molar-refractivity contribution in [2.45, 2.75) is 57.3 Å². The SMILES string of the molecule is Cc1cc(=O)n(C2CC2)cc1-c1nc(NC(=O)C2(c3ccc4c(c3)OC(F)(F)O4)CC2)ccc1C. The summed E-state index contributed by atoms with van der Waals surface area (Å²) in [6.45, 7) is 3.81. The van der Waals surface area contributed by atoms with Gasteiger partial charge in [-0.15, -0.1) is 8.78 Å². The number of hydrogen-bond acceptors (Lipinski definition) is 5. The van der Waals surface area contributed by atoms with E-state index in [9.17, 15) is 18.4 Å². The molecule has 0 unspecified atom stereocenters. The van der Waals surface area contributed by atoms with Gasteiger partial charge in [-0.3, -0.25) is 9.59 Å². The molecule has 2 fully saturated rings. The molecule has 2 aromatic heterocycles. The number of anilines is 1. The number of benzene rings is 1. The predicted octanol–water partition coefficient (Wildman–Crippen LogP) is 4.85. The van der Waals surface area contributed by atoms with Crippen molar-refractivity contribution in [1.82, 2.24) is 9.55 Å². The van der Waals surface area contributed by atoms with Gasteiger partial charge in [0.05, 0.1) is 11.1 Å². The molecule has 3 heterocycles. The highest BCUT2D eigenvalue weighted by molar-refractivity contribution is 6.01. The molecule has 180 valence electrons. The van der Waals surface area contributed by atoms with Gasteiger partial charge in [-0.25, -0.2) is 4.98 Å². The van der Waals surface area contributed by atoms with Crippen molar-refractivity contribution in [1.29, 1.82) is 0 Å². The van der Waals surface area contributed by atoms with Crippen LogP contribution in [0.1, 0.15) is 48.4 Å². The topological polar surface area (TPSA) is 82.5 Å². The maximum atomic E-state index is 13.4. The van der Waals surface area contributed by atoms with Crippen LogP contribution in [0.25, 0.3) is 11.3 Å². The van der Waals surface area contributed by atoms with Crippen LogP contribution in [-0.4, -0.2) is 21.8 Å². The Bertz CT molecular complexity index is 1440. The summed E-state index contributed by atoms with van der Waals surface area (Å²) in [7, 11) is 0. The molecule has 1 aliphatic heterocycles. The lowest BCUT2D eigenvalue weighted by molar-refractivity contribution is -0.286. The maximum absolute atomic E-state index is 13.4. The van der Waals surface area contributed by atoms with Gasteiger partial charge in [-0.05, 0) is 74.4 Å². The third kappa shape index (κ3) is 3.75. The average Bonchev–Trinajstić information content (AvgIpc) is 3.71. The smallest absolute Gasteiger partial charge is 0.395 e. The van der Waals surface area contributed by atoms with E-state index >= 15 is 0 Å². The van der Waals surface area contributed by atoms with Crippen molar-refractivity contribution in [2.24, 2.45) is 0 Å². The first kappa shape index (κ1) is 21.8. The van der Waals surface area contributed by atoms with Crippen LogP contribution in [0.5, 0.6) is 11.5 Å². The molecule has 6 rings (SSSR count). The van der Waals surface area contributed by atoms with E-state index in [0.717, 1.165) is 29.5 Å². The maximum Gasteiger partial charge on any atom is 0.586 e. The summed E-state index contributed by atoms with van der Waals surface area (Å²) in [5.41, 5.74) is 3.03. The van der Waals surface area contributed by atoms with Gasteiger partial charge in [-0.1, -0.05) is 12.1 Å². The molecule has 0 radical (unpaired) electrons. The van der Waals surface area contributed by atoms with Gasteiger partial charge >= 0.3 is 6.29 Å². The molecule has 0 atom stereocenters. The van der Waals surface area contributed by atoms with Gasteiger partial charge < -0.3 is 19.4 Å². The number of amides is 1. The minimum absolute atomic E-state index is 0.0203. The fraction of sp³-hybridized carbons (Fsp3) is 0.346. The Morgan fingerprint density at radius 2 is 1.80 bits per heavy atom. The summed E-state index contributed by atoms with van der Waals surface area (Å²) in [6, 6.07) is 9.95. The third-order valence-corrected chi connectivity index (χ3v) is 6.96. The van der Waals surface area contributed by atoms with Crippen LogP contribution >= 0.6 is 0 Å². The van der Waals surface area contributed by atoms with Gasteiger partial charge in [0.2, 0.25) is 5.91 Å². The minimum atomic E-state index is -3.71. The van der Waals surface area contributed by atoms with E-state index < -0.39 is 11.7 Å². The quantitative estimate of drug-likeness (QED) is 0.566. The number of nitrogens with zero attached hydrogens (tertiary/aromatic N) is 2. The second kappa shape index (κ2) is 7.37. The van der Waals surface area contributed by atoms with E-state index in [0.29, 0.717) is 29.9 Å². The van der Waals surface area contributed by atoms with E-state index in [1.807, 2.05) is 26.1 Å². The molecular weight excluding hydrogens is 456 g/mol. The number of hydrogen-bond donors (Lipinski definition) is 1. The lowest BCUT2D eigenvalue weighted by Gasteiger charge is -2.17. The van der Waals surface area contributed by atoms with Crippen LogP contribution in [0.2, 0.25) is 0 Å². The Labute approximate surface area is 199 Å². The first-order valence-electron chi connectivity index (χ1n) is 11.6. The highest BCUT2D eigenvalue weighted by atomic mass is 19.3. The Morgan fingerprint density at radius 1 is 1.06 bits per heavy atom. The van der Waals surface area contributed by atoms with Crippen molar-refractivity contribution in [3.05, 3.63) is 69.6 Å². The van der Waals surface area contributed by atoms with Gasteiger partial charge in [0, 0.05) is 23.9 Å². The molecule has 1 N–H and O–H groups in total. The van der Waals surface area contributed by atoms with Gasteiger partial charge in [0.25, 0.3) is 5.56 Å². The normalized spacial score (nSPS) is 18.9. The fourth-order valence-corrected chi connectivity index (χ4v) is 4.65. The highest BCUT2D eigenvalue weighted by Gasteiger charge is 2.53. The Hall–Kier alpha value is -3.75. The second-order valence-electron chi connectivity index (χ2n) is 9.57. The number of ether oxygens (including phenoxy) is 2. The van der Waals surface area contributed by atoms with Gasteiger partial charge in [-0.2, -0.15) is 0 Å². The number of pyridine rings is 2. The zero-order chi connectivity index (χ0) is 24.5. The number of nitrogens with one attached hydrogen (secondary N) is 1. The highest BCUT2D eigenvalue weighted by Crippen LogP contribution is 2.52. The first-order chi connectivity index (χ1) is 16.6. The van der Waals surface area contributed by atoms with E-state index in [2.05, 4.69) is 14.8 Å². The van der Waals surface area contributed by atoms with Crippen LogP contribution in [0, 0.1) is 13.8 Å². The van der Waals surface area contributed by atoms with Crippen molar-refractivity contribution in [2.75, 3.05) is 5.32 Å². The zero-order valence-corrected chi connectivity index (χ0v) is 19.2. The Balaban J connectivity index is 1.29. The molecule has 3 aromatic rings. The molecule has 0 spiro atoms. The first-order valence-corrected chi connectivity index (χ1v) is 11.6. The number of halogens is 2. The molecule has 35 heavy (non-hydrogen) atoms. The van der Waals surface area contributed by atoms with E-state index in [4.69, 9.17) is 4.98 Å². The number of rotatable bonds is 5. The monoisotopic (exact) mass is 479 g/mol. The summed E-state index contributed by atoms with van der Waals surface area (Å²) < 4.78 is 37.6. The van der Waals surface area contributed by atoms with Crippen LogP contribution < -0.4 is 20.3 Å². The van der Waals surface area contributed by atoms with Crippen LogP contribution in [0.3, 0.4) is 0 Å². The van der Waals surface area contributed by atoms with Crippen LogP contribution in [0.4, 0.5) is 14.6 Å². The van der Waals surface area contributed by atoms with E-state index in [1.165, 1.54) is 12.1 Å². The van der Waals surface area contributed by atoms with Crippen molar-refractivity contribution < 1.29 is 23.0 Å². The number of fused-ring (bicyclic) bond motifs is 1. The van der Waals surface area contributed by atoms with Crippen LogP contribution in [-0.2, 0) is 10.2 Å². The van der Waals surface area contributed by atoms with Crippen molar-refractivity contribution in [3.8, 4) is 22.8 Å². The summed E-state index contributed by atoms with van der Waals surface area (Å²) in [5, 5.41) is 2.91. The molecule has 0 bridgehead atoms. The molecule has 1 amide bonds. The summed E-state index contributed by atoms with van der Waals surface area (Å²) in [6.07, 6.45) is 1.30. The third-order valence-electron chi connectivity index (χ3n) is 6.96. The predicted molar refractivity (Wildman–Crippen MR) is 124 cm³/mol. The van der Waals surface area contributed by atoms with Gasteiger partial charge in [0.1, 0.15) is 5.82 Å². The molecule has 3 aliphatic rings. The number of carbonyl (C=O) groups is 1. The molecule has 1 aromatic carbocycles. The summed E-state index contributed by atoms with van der Waals surface area (Å²) >= 11 is 0. The molecule has 9 heteroatoms. The largest absolute Gasteiger partial charge is 0.586 e. The molecular formula is C26H23F2N3O4. The van der Waals surface area contributed by atoms with Crippen LogP contribution in [0.15, 0.2) is 47.4 Å². The molecule has 2 saturated carbocycles. The number of aromatic nitrogens is 2. The Morgan fingerprint density at radius 3 is 2.51 bits per heavy atom. The molecule has 0 saturated heterocycles. The van der Waals surface area contributed by atoms with Crippen molar-refractivity contribution >= 4 is 11.7 Å². The number of alkyl halides is 2. The van der Waals surface area contributed by atoms with Crippen molar-refractivity contribution in [3.63, 3.8) is 0 Å². The second-order valence-corrected chi connectivity index (χ2v) is 9.57. The standard InChI is InChI=1S/C26H23F2N3O4/c1-14-3-8-21(29-23(14)18-13-31(17-5-6-17)22(32)11-15(18)2)30-24(33)25(9-10-25)16-4-7-19-20(12-16)35-26(27,28)34-19/h3-4,7-8,11-13,17H,5-6,9-10H2,1-2H3,(H,29,30,33). The van der Waals surface area contributed by atoms with E-state index in [-0.39, 0.29) is 29.0 Å². The number of carbonyl (C=O) groups excluding carboxylic acids is 1. The lowest BCUT2D eigenvalue weighted by Crippen LogP contribution is -2.28. The molecule has 2 aliphatic carbocycles. The average molecular weight is 479 g/mol. The van der Waals surface area contributed by atoms with E-state index in [1.54, 1.807) is 22.8 Å². The minimum Gasteiger partial charge on any atom is -0.395 e. The number of aryl methyl sites for hydroxylation is 2. The lowest BCUT2D eigenvalue weighted by atomic mass is 9.94.